The van der Waals surface area contributed by atoms with E-state index < -0.39 is 0 Å². The number of fused-ring (bicyclic) bond motifs is 3. The first-order valence-electron chi connectivity index (χ1n) is 8.88. The van der Waals surface area contributed by atoms with Crippen LogP contribution in [0.15, 0.2) is 65.3 Å². The summed E-state index contributed by atoms with van der Waals surface area (Å²) in [6.07, 6.45) is 6.94. The summed E-state index contributed by atoms with van der Waals surface area (Å²) in [7, 11) is 0. The highest BCUT2D eigenvalue weighted by Crippen LogP contribution is 2.34. The summed E-state index contributed by atoms with van der Waals surface area (Å²) >= 11 is 3.06. The molecule has 0 saturated heterocycles. The highest BCUT2D eigenvalue weighted by atomic mass is 32.1. The van der Waals surface area contributed by atoms with Gasteiger partial charge < -0.3 is 0 Å². The quantitative estimate of drug-likeness (QED) is 0.296. The minimum Gasteiger partial charge on any atom is -0.291 e. The second kappa shape index (κ2) is 6.04. The predicted molar refractivity (Wildman–Crippen MR) is 115 cm³/mol. The van der Waals surface area contributed by atoms with E-state index in [1.54, 1.807) is 29.8 Å². The van der Waals surface area contributed by atoms with Crippen molar-refractivity contribution >= 4 is 62.3 Å². The van der Waals surface area contributed by atoms with Crippen LogP contribution in [-0.2, 0) is 0 Å². The van der Waals surface area contributed by atoms with Gasteiger partial charge in [0, 0.05) is 34.6 Å². The molecule has 0 aliphatic heterocycles. The van der Waals surface area contributed by atoms with E-state index in [0.29, 0.717) is 11.1 Å². The van der Waals surface area contributed by atoms with Gasteiger partial charge >= 0.3 is 0 Å². The second-order valence-electron chi connectivity index (χ2n) is 6.74. The maximum Gasteiger partial charge on any atom is 0.197 e. The Labute approximate surface area is 172 Å². The number of Topliss-reactive ketones (excluding diaryl/α,β-unsaturated/α-hetero) is 2. The third kappa shape index (κ3) is 2.45. The van der Waals surface area contributed by atoms with Crippen LogP contribution in [0.2, 0.25) is 0 Å². The van der Waals surface area contributed by atoms with Crippen molar-refractivity contribution in [3.8, 4) is 5.00 Å². The third-order valence-electron chi connectivity index (χ3n) is 5.04. The Balaban J connectivity index is 1.41. The zero-order valence-electron chi connectivity index (χ0n) is 14.8. The topological polar surface area (TPSA) is 64.8 Å². The van der Waals surface area contributed by atoms with Gasteiger partial charge in [-0.15, -0.1) is 11.3 Å². The lowest BCUT2D eigenvalue weighted by atomic mass is 10.1. The second-order valence-corrected chi connectivity index (χ2v) is 8.58. The first-order chi connectivity index (χ1) is 14.2. The van der Waals surface area contributed by atoms with E-state index in [-0.39, 0.29) is 17.1 Å². The fourth-order valence-corrected chi connectivity index (χ4v) is 5.35. The maximum absolute atomic E-state index is 12.9. The number of benzene rings is 1. The largest absolute Gasteiger partial charge is 0.291 e. The number of allylic oxidation sites excluding steroid dienone is 1. The van der Waals surface area contributed by atoms with E-state index in [1.165, 1.54) is 11.3 Å². The molecule has 4 heterocycles. The summed E-state index contributed by atoms with van der Waals surface area (Å²) < 4.78 is 1.95. The number of carbonyl (C=O) groups excluding carboxylic acids is 2. The van der Waals surface area contributed by atoms with Crippen LogP contribution in [0, 0.1) is 0 Å². The van der Waals surface area contributed by atoms with E-state index >= 15 is 0 Å². The Morgan fingerprint density at radius 1 is 0.897 bits per heavy atom. The molecule has 6 rings (SSSR count). The summed E-state index contributed by atoms with van der Waals surface area (Å²) in [5, 5.41) is 6.92. The molecule has 5 aromatic rings. The van der Waals surface area contributed by atoms with Crippen LogP contribution < -0.4 is 0 Å². The van der Waals surface area contributed by atoms with Crippen LogP contribution in [0.4, 0.5) is 0 Å². The lowest BCUT2D eigenvalue weighted by Crippen LogP contribution is -1.99. The van der Waals surface area contributed by atoms with Gasteiger partial charge in [0.15, 0.2) is 17.2 Å². The number of thiophene rings is 2. The van der Waals surface area contributed by atoms with Gasteiger partial charge in [0.2, 0.25) is 0 Å². The van der Waals surface area contributed by atoms with Crippen molar-refractivity contribution in [1.29, 1.82) is 0 Å². The Morgan fingerprint density at radius 3 is 2.38 bits per heavy atom. The minimum atomic E-state index is -0.203. The van der Waals surface area contributed by atoms with Crippen molar-refractivity contribution in [3.63, 3.8) is 0 Å². The molecule has 0 fully saturated rings. The molecule has 7 heteroatoms. The number of carbonyl (C=O) groups is 2. The van der Waals surface area contributed by atoms with E-state index in [9.17, 15) is 9.59 Å². The fraction of sp³-hybridized carbons (Fsp3) is 0. The predicted octanol–water partition coefficient (Wildman–Crippen LogP) is 5.16. The highest BCUT2D eigenvalue weighted by Gasteiger charge is 2.33. The molecule has 1 aliphatic carbocycles. The Kier molecular flexibility index (Phi) is 3.44. The van der Waals surface area contributed by atoms with Crippen LogP contribution >= 0.6 is 22.7 Å². The van der Waals surface area contributed by atoms with Crippen molar-refractivity contribution in [3.05, 3.63) is 81.3 Å². The van der Waals surface area contributed by atoms with E-state index in [4.69, 9.17) is 0 Å². The van der Waals surface area contributed by atoms with Crippen molar-refractivity contribution in [1.82, 2.24) is 14.5 Å². The SMILES string of the molecule is O=C1C(=Cc2ccc(-n3ccc4nccnc43)s2)C(=O)c2cc3cscc3cc21. The number of ketones is 2. The molecule has 29 heavy (non-hydrogen) atoms. The zero-order chi connectivity index (χ0) is 19.5. The molecule has 0 radical (unpaired) electrons. The summed E-state index contributed by atoms with van der Waals surface area (Å²) in [4.78, 5) is 35.3. The molecule has 1 aliphatic rings. The Hall–Kier alpha value is -3.42. The molecule has 0 N–H and O–H groups in total. The summed E-state index contributed by atoms with van der Waals surface area (Å²) in [6.45, 7) is 0. The molecule has 0 amide bonds. The molecule has 0 saturated carbocycles. The summed E-state index contributed by atoms with van der Waals surface area (Å²) in [5.41, 5.74) is 2.80. The molecule has 1 aromatic carbocycles. The fourth-order valence-electron chi connectivity index (χ4n) is 3.65. The van der Waals surface area contributed by atoms with Crippen LogP contribution in [-0.4, -0.2) is 26.1 Å². The molecular formula is C22H11N3O2S2. The van der Waals surface area contributed by atoms with Crippen molar-refractivity contribution in [2.24, 2.45) is 0 Å². The number of nitrogens with zero attached hydrogens (tertiary/aromatic N) is 3. The van der Waals surface area contributed by atoms with Crippen molar-refractivity contribution < 1.29 is 9.59 Å². The molecule has 138 valence electrons. The summed E-state index contributed by atoms with van der Waals surface area (Å²) in [6, 6.07) is 9.43. The third-order valence-corrected chi connectivity index (χ3v) is 6.86. The van der Waals surface area contributed by atoms with E-state index in [0.717, 1.165) is 31.8 Å². The van der Waals surface area contributed by atoms with Crippen LogP contribution in [0.25, 0.3) is 33.0 Å². The average molecular weight is 413 g/mol. The average Bonchev–Trinajstić information content (AvgIpc) is 3.50. The van der Waals surface area contributed by atoms with Crippen molar-refractivity contribution in [2.75, 3.05) is 0 Å². The number of rotatable bonds is 2. The highest BCUT2D eigenvalue weighted by molar-refractivity contribution is 7.15. The van der Waals surface area contributed by atoms with Crippen LogP contribution in [0.5, 0.6) is 0 Å². The Morgan fingerprint density at radius 2 is 1.62 bits per heavy atom. The van der Waals surface area contributed by atoms with E-state index in [1.807, 2.05) is 51.9 Å². The van der Waals surface area contributed by atoms with Gasteiger partial charge in [-0.2, -0.15) is 11.3 Å². The van der Waals surface area contributed by atoms with Gasteiger partial charge in [-0.05, 0) is 57.9 Å². The Bertz CT molecular complexity index is 1450. The molecule has 0 atom stereocenters. The lowest BCUT2D eigenvalue weighted by molar-refractivity contribution is 0.0990. The maximum atomic E-state index is 12.9. The normalized spacial score (nSPS) is 13.6. The molecule has 0 unspecified atom stereocenters. The molecule has 5 nitrogen and oxygen atoms in total. The zero-order valence-corrected chi connectivity index (χ0v) is 16.5. The standard InChI is InChI=1S/C22H11N3O2S2/c26-20-15-7-12-10-28-11-13(12)8-16(15)21(27)17(20)9-14-1-2-19(29-14)25-6-3-18-22(25)24-5-4-23-18/h1-11H. The molecule has 0 spiro atoms. The van der Waals surface area contributed by atoms with Gasteiger partial charge in [-0.1, -0.05) is 0 Å². The van der Waals surface area contributed by atoms with Gasteiger partial charge in [0.25, 0.3) is 0 Å². The van der Waals surface area contributed by atoms with Crippen molar-refractivity contribution in [2.45, 2.75) is 0 Å². The molecular weight excluding hydrogens is 402 g/mol. The smallest absolute Gasteiger partial charge is 0.197 e. The van der Waals surface area contributed by atoms with Gasteiger partial charge in [0.1, 0.15) is 10.5 Å². The number of hydrogen-bond acceptors (Lipinski definition) is 6. The number of aromatic nitrogens is 3. The van der Waals surface area contributed by atoms with E-state index in [2.05, 4.69) is 9.97 Å². The minimum absolute atomic E-state index is 0.203. The number of hydrogen-bond donors (Lipinski definition) is 0. The van der Waals surface area contributed by atoms with Crippen LogP contribution in [0.3, 0.4) is 0 Å². The lowest BCUT2D eigenvalue weighted by Gasteiger charge is -1.99. The van der Waals surface area contributed by atoms with Crippen LogP contribution in [0.1, 0.15) is 25.6 Å². The summed E-state index contributed by atoms with van der Waals surface area (Å²) in [5.74, 6) is -0.407. The van der Waals surface area contributed by atoms with Gasteiger partial charge in [0.05, 0.1) is 5.57 Å². The van der Waals surface area contributed by atoms with Gasteiger partial charge in [-0.25, -0.2) is 4.98 Å². The molecule has 4 aromatic heterocycles. The van der Waals surface area contributed by atoms with Gasteiger partial charge in [-0.3, -0.25) is 19.1 Å². The molecule has 0 bridgehead atoms. The first kappa shape index (κ1) is 16.5. The first-order valence-corrected chi connectivity index (χ1v) is 10.6. The monoisotopic (exact) mass is 413 g/mol.